The van der Waals surface area contributed by atoms with Crippen LogP contribution in [-0.4, -0.2) is 27.7 Å². The third-order valence-electron chi connectivity index (χ3n) is 3.55. The van der Waals surface area contributed by atoms with E-state index in [1.54, 1.807) is 19.1 Å². The van der Waals surface area contributed by atoms with E-state index in [0.29, 0.717) is 24.6 Å². The molecular formula is C14H22N2O3S. The quantitative estimate of drug-likeness (QED) is 0.858. The molecule has 20 heavy (non-hydrogen) atoms. The highest BCUT2D eigenvalue weighted by Gasteiger charge is 2.20. The monoisotopic (exact) mass is 298 g/mol. The van der Waals surface area contributed by atoms with Crippen LogP contribution < -0.4 is 10.5 Å². The summed E-state index contributed by atoms with van der Waals surface area (Å²) in [4.78, 5) is 0.302. The van der Waals surface area contributed by atoms with Crippen molar-refractivity contribution < 1.29 is 13.2 Å². The number of nitrogens with one attached hydrogen (secondary N) is 1. The normalized spacial score (nSPS) is 20.0. The number of ether oxygens (including phenoxy) is 1. The van der Waals surface area contributed by atoms with E-state index >= 15 is 0 Å². The minimum atomic E-state index is -3.51. The number of sulfonamides is 1. The summed E-state index contributed by atoms with van der Waals surface area (Å²) in [5, 5.41) is 0. The number of rotatable bonds is 5. The molecule has 0 spiro atoms. The maximum absolute atomic E-state index is 12.4. The van der Waals surface area contributed by atoms with E-state index in [-0.39, 0.29) is 6.10 Å². The lowest BCUT2D eigenvalue weighted by Crippen LogP contribution is -2.35. The van der Waals surface area contributed by atoms with Crippen molar-refractivity contribution in [2.45, 2.75) is 43.7 Å². The first-order chi connectivity index (χ1) is 9.53. The second-order valence-electron chi connectivity index (χ2n) is 5.14. The van der Waals surface area contributed by atoms with Gasteiger partial charge in [-0.25, -0.2) is 13.1 Å². The Balaban J connectivity index is 2.09. The minimum Gasteiger partial charge on any atom is -0.377 e. The number of benzene rings is 1. The zero-order chi connectivity index (χ0) is 14.6. The van der Waals surface area contributed by atoms with E-state index in [4.69, 9.17) is 10.5 Å². The highest BCUT2D eigenvalue weighted by molar-refractivity contribution is 7.89. The topological polar surface area (TPSA) is 81.4 Å². The van der Waals surface area contributed by atoms with Crippen LogP contribution in [0.1, 0.15) is 30.4 Å². The predicted octanol–water partition coefficient (Wildman–Crippen LogP) is 1.30. The molecule has 1 atom stereocenters. The summed E-state index contributed by atoms with van der Waals surface area (Å²) < 4.78 is 32.9. The van der Waals surface area contributed by atoms with Crippen molar-refractivity contribution in [3.8, 4) is 0 Å². The smallest absolute Gasteiger partial charge is 0.240 e. The molecule has 0 bridgehead atoms. The van der Waals surface area contributed by atoms with Gasteiger partial charge < -0.3 is 10.5 Å². The summed E-state index contributed by atoms with van der Waals surface area (Å²) in [6.07, 6.45) is 3.04. The number of hydrogen-bond acceptors (Lipinski definition) is 4. The zero-order valence-corrected chi connectivity index (χ0v) is 12.6. The molecule has 1 aliphatic rings. The fraction of sp³-hybridized carbons (Fsp3) is 0.571. The molecule has 5 nitrogen and oxygen atoms in total. The van der Waals surface area contributed by atoms with Gasteiger partial charge in [-0.15, -0.1) is 0 Å². The lowest BCUT2D eigenvalue weighted by atomic mass is 10.1. The van der Waals surface area contributed by atoms with Gasteiger partial charge in [-0.2, -0.15) is 0 Å². The van der Waals surface area contributed by atoms with Gasteiger partial charge in [0.05, 0.1) is 11.0 Å². The third kappa shape index (κ3) is 3.79. The molecule has 0 aromatic heterocycles. The van der Waals surface area contributed by atoms with Gasteiger partial charge in [-0.05, 0) is 43.4 Å². The predicted molar refractivity (Wildman–Crippen MR) is 77.8 cm³/mol. The van der Waals surface area contributed by atoms with Gasteiger partial charge in [-0.3, -0.25) is 0 Å². The molecule has 1 saturated heterocycles. The maximum Gasteiger partial charge on any atom is 0.240 e. The largest absolute Gasteiger partial charge is 0.377 e. The summed E-state index contributed by atoms with van der Waals surface area (Å²) in [6, 6.07) is 5.27. The van der Waals surface area contributed by atoms with Crippen LogP contribution in [0.3, 0.4) is 0 Å². The van der Waals surface area contributed by atoms with Crippen molar-refractivity contribution in [2.75, 3.05) is 13.2 Å². The Hall–Kier alpha value is -0.950. The van der Waals surface area contributed by atoms with Crippen LogP contribution >= 0.6 is 0 Å². The van der Waals surface area contributed by atoms with Gasteiger partial charge in [0.1, 0.15) is 0 Å². The number of aryl methyl sites for hydroxylation is 1. The van der Waals surface area contributed by atoms with E-state index in [9.17, 15) is 8.42 Å². The molecule has 1 unspecified atom stereocenters. The Morgan fingerprint density at radius 3 is 2.85 bits per heavy atom. The lowest BCUT2D eigenvalue weighted by Gasteiger charge is -2.23. The molecule has 1 aliphatic heterocycles. The zero-order valence-electron chi connectivity index (χ0n) is 11.8. The first-order valence-electron chi connectivity index (χ1n) is 6.94. The first-order valence-corrected chi connectivity index (χ1v) is 8.42. The number of nitrogens with two attached hydrogens (primary N) is 1. The SMILES string of the molecule is Cc1ccc(CN)cc1S(=O)(=O)NCC1CCCCO1. The maximum atomic E-state index is 12.4. The molecule has 1 aromatic carbocycles. The van der Waals surface area contributed by atoms with Crippen molar-refractivity contribution in [3.63, 3.8) is 0 Å². The fourth-order valence-corrected chi connectivity index (χ4v) is 3.67. The van der Waals surface area contributed by atoms with Gasteiger partial charge in [0.2, 0.25) is 10.0 Å². The molecule has 2 rings (SSSR count). The molecule has 1 heterocycles. The van der Waals surface area contributed by atoms with Crippen molar-refractivity contribution in [2.24, 2.45) is 5.73 Å². The summed E-state index contributed by atoms with van der Waals surface area (Å²) in [5.74, 6) is 0. The van der Waals surface area contributed by atoms with E-state index in [2.05, 4.69) is 4.72 Å². The van der Waals surface area contributed by atoms with Crippen molar-refractivity contribution >= 4 is 10.0 Å². The van der Waals surface area contributed by atoms with Crippen LogP contribution in [-0.2, 0) is 21.3 Å². The summed E-state index contributed by atoms with van der Waals surface area (Å²) in [6.45, 7) is 3.16. The van der Waals surface area contributed by atoms with E-state index in [0.717, 1.165) is 30.4 Å². The van der Waals surface area contributed by atoms with Gasteiger partial charge in [0.25, 0.3) is 0 Å². The molecular weight excluding hydrogens is 276 g/mol. The van der Waals surface area contributed by atoms with Gasteiger partial charge in [0.15, 0.2) is 0 Å². The van der Waals surface area contributed by atoms with Crippen molar-refractivity contribution in [1.82, 2.24) is 4.72 Å². The minimum absolute atomic E-state index is 0.0171. The summed E-state index contributed by atoms with van der Waals surface area (Å²) in [7, 11) is -3.51. The van der Waals surface area contributed by atoms with Crippen LogP contribution in [0.2, 0.25) is 0 Å². The van der Waals surface area contributed by atoms with Crippen LogP contribution in [0.25, 0.3) is 0 Å². The average Bonchev–Trinajstić information content (AvgIpc) is 2.47. The average molecular weight is 298 g/mol. The molecule has 0 radical (unpaired) electrons. The van der Waals surface area contributed by atoms with E-state index < -0.39 is 10.0 Å². The molecule has 6 heteroatoms. The standard InChI is InChI=1S/C14H22N2O3S/c1-11-5-6-12(9-15)8-14(11)20(17,18)16-10-13-4-2-3-7-19-13/h5-6,8,13,16H,2-4,7,9-10,15H2,1H3. The molecule has 112 valence electrons. The molecule has 0 aliphatic carbocycles. The van der Waals surface area contributed by atoms with E-state index in [1.165, 1.54) is 0 Å². The van der Waals surface area contributed by atoms with Crippen molar-refractivity contribution in [3.05, 3.63) is 29.3 Å². The summed E-state index contributed by atoms with van der Waals surface area (Å²) >= 11 is 0. The van der Waals surface area contributed by atoms with Gasteiger partial charge in [0, 0.05) is 19.7 Å². The molecule has 0 amide bonds. The van der Waals surface area contributed by atoms with Crippen molar-refractivity contribution in [1.29, 1.82) is 0 Å². The fourth-order valence-electron chi connectivity index (χ4n) is 2.31. The highest BCUT2D eigenvalue weighted by atomic mass is 32.2. The Labute approximate surface area is 120 Å². The first kappa shape index (κ1) is 15.4. The van der Waals surface area contributed by atoms with Gasteiger partial charge in [-0.1, -0.05) is 12.1 Å². The molecule has 1 fully saturated rings. The molecule has 1 aromatic rings. The Morgan fingerprint density at radius 2 is 2.20 bits per heavy atom. The second kappa shape index (κ2) is 6.67. The van der Waals surface area contributed by atoms with E-state index in [1.807, 2.05) is 6.07 Å². The molecule has 0 saturated carbocycles. The van der Waals surface area contributed by atoms with Crippen LogP contribution in [0, 0.1) is 6.92 Å². The Morgan fingerprint density at radius 1 is 1.40 bits per heavy atom. The Kier molecular flexibility index (Phi) is 5.15. The van der Waals surface area contributed by atoms with Crippen LogP contribution in [0.15, 0.2) is 23.1 Å². The Bertz CT molecular complexity index is 552. The second-order valence-corrected chi connectivity index (χ2v) is 6.88. The van der Waals surface area contributed by atoms with Crippen LogP contribution in [0.5, 0.6) is 0 Å². The number of hydrogen-bond donors (Lipinski definition) is 2. The van der Waals surface area contributed by atoms with Crippen LogP contribution in [0.4, 0.5) is 0 Å². The third-order valence-corrected chi connectivity index (χ3v) is 5.12. The molecule has 3 N–H and O–H groups in total. The lowest BCUT2D eigenvalue weighted by molar-refractivity contribution is 0.0200. The van der Waals surface area contributed by atoms with Gasteiger partial charge >= 0.3 is 0 Å². The summed E-state index contributed by atoms with van der Waals surface area (Å²) in [5.41, 5.74) is 7.10. The highest BCUT2D eigenvalue weighted by Crippen LogP contribution is 2.18.